The Morgan fingerprint density at radius 3 is 1.83 bits per heavy atom. The molecule has 4 aromatic rings. The van der Waals surface area contributed by atoms with Crippen LogP contribution in [0.4, 0.5) is 0 Å². The van der Waals surface area contributed by atoms with Crippen LogP contribution < -0.4 is 0 Å². The third-order valence-electron chi connectivity index (χ3n) is 3.46. The van der Waals surface area contributed by atoms with Crippen LogP contribution in [0.3, 0.4) is 0 Å². The summed E-state index contributed by atoms with van der Waals surface area (Å²) in [5.41, 5.74) is 3.00. The predicted octanol–water partition coefficient (Wildman–Crippen LogP) is 4.23. The van der Waals surface area contributed by atoms with Crippen molar-refractivity contribution < 1.29 is 30.4 Å². The number of hydrogen-bond donors (Lipinski definition) is 1. The fourth-order valence-electron chi connectivity index (χ4n) is 2.20. The number of nitrogens with zero attached hydrogens (tertiary/aromatic N) is 2. The van der Waals surface area contributed by atoms with Crippen LogP contribution in [-0.2, 0) is 18.4 Å². The maximum Gasteiger partial charge on any atom is 0.353 e. The van der Waals surface area contributed by atoms with E-state index in [-0.39, 0.29) is 4.90 Å². The smallest absolute Gasteiger partial charge is 0.353 e. The highest BCUT2D eigenvalue weighted by atomic mass is 35.7. The fraction of sp³-hybridized carbons (Fsp3) is 0.125. The summed E-state index contributed by atoms with van der Waals surface area (Å²) >= 11 is 0. The zero-order chi connectivity index (χ0) is 21.8. The number of fused-ring (bicyclic) bond motifs is 2. The van der Waals surface area contributed by atoms with Gasteiger partial charge in [-0.3, -0.25) is 4.55 Å². The zero-order valence-electron chi connectivity index (χ0n) is 14.9. The standard InChI is InChI=1S/C8H6ClNO3S.C8H7NO.ClHO3S/c1-5-7-4-6(14(9,11)12)2-3-8(7)13-10-5;1-6-7-4-2-3-5-8(7)10-9-6;1-5(2,3)4/h2-4H,1H3;2-5H,1H3;(H,2,3,4). The average Bonchev–Trinajstić information content (AvgIpc) is 3.17. The largest absolute Gasteiger partial charge is 0.356 e. The molecule has 13 heteroatoms. The normalized spacial score (nSPS) is 11.5. The second kappa shape index (κ2) is 9.09. The Morgan fingerprint density at radius 2 is 1.31 bits per heavy atom. The highest BCUT2D eigenvalue weighted by molar-refractivity contribution is 8.13. The lowest BCUT2D eigenvalue weighted by Gasteiger charge is -1.94. The monoisotopic (exact) mass is 480 g/mol. The van der Waals surface area contributed by atoms with Crippen molar-refractivity contribution in [2.75, 3.05) is 0 Å². The highest BCUT2D eigenvalue weighted by Gasteiger charge is 2.13. The van der Waals surface area contributed by atoms with Crippen molar-refractivity contribution in [2.24, 2.45) is 0 Å². The number of para-hydroxylation sites is 1. The number of halogens is 2. The van der Waals surface area contributed by atoms with Crippen molar-refractivity contribution in [3.63, 3.8) is 0 Å². The number of aromatic nitrogens is 2. The van der Waals surface area contributed by atoms with Gasteiger partial charge in [-0.1, -0.05) is 22.4 Å². The molecule has 0 aliphatic heterocycles. The Labute approximate surface area is 174 Å². The molecule has 9 nitrogen and oxygen atoms in total. The van der Waals surface area contributed by atoms with Crippen LogP contribution in [0, 0.1) is 13.8 Å². The Balaban J connectivity index is 0.000000175. The van der Waals surface area contributed by atoms with Crippen molar-refractivity contribution in [2.45, 2.75) is 18.7 Å². The summed E-state index contributed by atoms with van der Waals surface area (Å²) < 4.78 is 57.1. The Kier molecular flexibility index (Phi) is 7.25. The first kappa shape index (κ1) is 23.1. The van der Waals surface area contributed by atoms with Crippen molar-refractivity contribution in [3.8, 4) is 0 Å². The van der Waals surface area contributed by atoms with E-state index in [0.29, 0.717) is 16.7 Å². The molecule has 0 unspecified atom stereocenters. The van der Waals surface area contributed by atoms with Gasteiger partial charge in [-0.2, -0.15) is 8.42 Å². The first-order valence-electron chi connectivity index (χ1n) is 7.65. The summed E-state index contributed by atoms with van der Waals surface area (Å²) in [6.45, 7) is 3.67. The van der Waals surface area contributed by atoms with E-state index < -0.39 is 18.4 Å². The highest BCUT2D eigenvalue weighted by Crippen LogP contribution is 2.23. The lowest BCUT2D eigenvalue weighted by atomic mass is 10.2. The molecule has 0 saturated carbocycles. The molecule has 0 fully saturated rings. The first-order chi connectivity index (χ1) is 13.4. The maximum absolute atomic E-state index is 11.0. The quantitative estimate of drug-likeness (QED) is 0.312. The summed E-state index contributed by atoms with van der Waals surface area (Å²) in [4.78, 5) is 0.0537. The van der Waals surface area contributed by atoms with Crippen molar-refractivity contribution in [1.29, 1.82) is 0 Å². The van der Waals surface area contributed by atoms with Gasteiger partial charge < -0.3 is 9.05 Å². The van der Waals surface area contributed by atoms with Crippen molar-refractivity contribution in [3.05, 3.63) is 53.9 Å². The molecule has 0 saturated heterocycles. The lowest BCUT2D eigenvalue weighted by Crippen LogP contribution is -1.89. The third-order valence-corrected chi connectivity index (χ3v) is 4.81. The molecule has 0 bridgehead atoms. The van der Waals surface area contributed by atoms with E-state index in [1.165, 1.54) is 18.2 Å². The van der Waals surface area contributed by atoms with Crippen LogP contribution in [0.2, 0.25) is 0 Å². The number of aryl methyl sites for hydroxylation is 2. The minimum Gasteiger partial charge on any atom is -0.356 e. The summed E-state index contributed by atoms with van der Waals surface area (Å²) in [7, 11) is 1.38. The van der Waals surface area contributed by atoms with Gasteiger partial charge in [0.15, 0.2) is 11.2 Å². The first-order valence-corrected chi connectivity index (χ1v) is 12.2. The van der Waals surface area contributed by atoms with E-state index in [1.54, 1.807) is 6.92 Å². The Bertz CT molecular complexity index is 1340. The number of rotatable bonds is 1. The summed E-state index contributed by atoms with van der Waals surface area (Å²) in [5.74, 6) is 0. The van der Waals surface area contributed by atoms with Crippen molar-refractivity contribution >= 4 is 61.7 Å². The molecule has 29 heavy (non-hydrogen) atoms. The van der Waals surface area contributed by atoms with E-state index in [1.807, 2.05) is 31.2 Å². The van der Waals surface area contributed by atoms with Gasteiger partial charge in [0.25, 0.3) is 9.05 Å². The molecular weight excluding hydrogens is 467 g/mol. The van der Waals surface area contributed by atoms with Gasteiger partial charge in [0.05, 0.1) is 16.3 Å². The molecule has 156 valence electrons. The molecule has 0 amide bonds. The van der Waals surface area contributed by atoms with Crippen LogP contribution >= 0.6 is 21.4 Å². The van der Waals surface area contributed by atoms with Gasteiger partial charge >= 0.3 is 9.33 Å². The molecule has 2 heterocycles. The van der Waals surface area contributed by atoms with E-state index in [0.717, 1.165) is 16.7 Å². The van der Waals surface area contributed by atoms with Crippen LogP contribution in [0.1, 0.15) is 11.4 Å². The third kappa shape index (κ3) is 6.98. The molecule has 4 rings (SSSR count). The van der Waals surface area contributed by atoms with Gasteiger partial charge in [-0.15, -0.1) is 0 Å². The van der Waals surface area contributed by atoms with E-state index in [9.17, 15) is 8.42 Å². The topological polar surface area (TPSA) is 141 Å². The maximum atomic E-state index is 11.0. The summed E-state index contributed by atoms with van der Waals surface area (Å²) in [6.07, 6.45) is 0. The second-order valence-corrected chi connectivity index (χ2v) is 10.1. The molecule has 2 aromatic carbocycles. The van der Waals surface area contributed by atoms with Crippen LogP contribution in [0.15, 0.2) is 56.4 Å². The van der Waals surface area contributed by atoms with Gasteiger partial charge in [0.1, 0.15) is 0 Å². The Hall–Kier alpha value is -2.18. The van der Waals surface area contributed by atoms with E-state index >= 15 is 0 Å². The molecule has 1 N–H and O–H groups in total. The van der Waals surface area contributed by atoms with Crippen LogP contribution in [0.5, 0.6) is 0 Å². The molecule has 0 atom stereocenters. The summed E-state index contributed by atoms with van der Waals surface area (Å²) in [6, 6.07) is 12.2. The molecule has 0 aliphatic carbocycles. The van der Waals surface area contributed by atoms with Gasteiger partial charge in [0, 0.05) is 32.1 Å². The SMILES string of the molecule is Cc1noc2ccc(S(=O)(=O)Cl)cc12.Cc1noc2ccccc12.O=S(=O)(O)Cl. The molecule has 2 aromatic heterocycles. The van der Waals surface area contributed by atoms with E-state index in [2.05, 4.69) is 21.0 Å². The summed E-state index contributed by atoms with van der Waals surface area (Å²) in [5, 5.41) is 9.29. The van der Waals surface area contributed by atoms with Gasteiger partial charge in [-0.05, 0) is 44.2 Å². The van der Waals surface area contributed by atoms with E-state index in [4.69, 9.17) is 32.7 Å². The minimum atomic E-state index is -4.19. The predicted molar refractivity (Wildman–Crippen MR) is 108 cm³/mol. The van der Waals surface area contributed by atoms with Crippen LogP contribution in [-0.4, -0.2) is 31.7 Å². The zero-order valence-corrected chi connectivity index (χ0v) is 18.0. The number of hydrogen-bond acceptors (Lipinski definition) is 8. The minimum absolute atomic E-state index is 0.0537. The molecule has 0 spiro atoms. The second-order valence-electron chi connectivity index (χ2n) is 5.54. The average molecular weight is 481 g/mol. The lowest BCUT2D eigenvalue weighted by molar-refractivity contribution is 0.450. The number of benzene rings is 2. The Morgan fingerprint density at radius 1 is 0.828 bits per heavy atom. The van der Waals surface area contributed by atoms with Gasteiger partial charge in [0.2, 0.25) is 0 Å². The molecule has 0 radical (unpaired) electrons. The molecular formula is C16H14Cl2N2O7S2. The fourth-order valence-corrected chi connectivity index (χ4v) is 2.98. The van der Waals surface area contributed by atoms with Gasteiger partial charge in [-0.25, -0.2) is 8.42 Å². The van der Waals surface area contributed by atoms with Crippen molar-refractivity contribution in [1.82, 2.24) is 10.3 Å². The molecule has 0 aliphatic rings. The van der Waals surface area contributed by atoms with Crippen LogP contribution in [0.25, 0.3) is 21.9 Å².